The molecule has 2 N–H and O–H groups in total. The summed E-state index contributed by atoms with van der Waals surface area (Å²) in [5.74, 6) is 0.602. The van der Waals surface area contributed by atoms with Crippen molar-refractivity contribution in [2.75, 3.05) is 7.05 Å². The summed E-state index contributed by atoms with van der Waals surface area (Å²) in [5.41, 5.74) is 0.923. The molecule has 0 atom stereocenters. The second-order valence-corrected chi connectivity index (χ2v) is 5.03. The molecule has 0 bridgehead atoms. The van der Waals surface area contributed by atoms with Gasteiger partial charge in [0.15, 0.2) is 5.96 Å². The zero-order valence-corrected chi connectivity index (χ0v) is 11.5. The normalized spacial score (nSPS) is 17.3. The molecule has 0 spiro atoms. The summed E-state index contributed by atoms with van der Waals surface area (Å²) in [6, 6.07) is 7.15. The third-order valence-corrected chi connectivity index (χ3v) is 3.52. The number of aliphatic imine (C=N–C) groups is 1. The summed E-state index contributed by atoms with van der Waals surface area (Å²) >= 11 is 0. The second kappa shape index (κ2) is 7.12. The van der Waals surface area contributed by atoms with Crippen LogP contribution in [0.3, 0.4) is 0 Å². The van der Waals surface area contributed by atoms with Gasteiger partial charge in [-0.2, -0.15) is 0 Å². The van der Waals surface area contributed by atoms with E-state index in [4.69, 9.17) is 0 Å². The third kappa shape index (κ3) is 4.54. The molecule has 0 heterocycles. The van der Waals surface area contributed by atoms with E-state index in [2.05, 4.69) is 15.6 Å². The summed E-state index contributed by atoms with van der Waals surface area (Å²) in [6.45, 7) is 0.587. The van der Waals surface area contributed by atoms with E-state index in [9.17, 15) is 4.39 Å². The standard InChI is InChI=1S/C15H22FN3/c1-17-15(19-14-8-3-2-4-9-14)18-11-12-6-5-7-13(16)10-12/h5-7,10,14H,2-4,8-9,11H2,1H3,(H2,17,18,19). The van der Waals surface area contributed by atoms with E-state index < -0.39 is 0 Å². The highest BCUT2D eigenvalue weighted by atomic mass is 19.1. The van der Waals surface area contributed by atoms with Crippen molar-refractivity contribution in [1.82, 2.24) is 10.6 Å². The van der Waals surface area contributed by atoms with Crippen molar-refractivity contribution in [3.63, 3.8) is 0 Å². The topological polar surface area (TPSA) is 36.4 Å². The van der Waals surface area contributed by atoms with E-state index in [0.29, 0.717) is 12.6 Å². The Kier molecular flexibility index (Phi) is 5.19. The predicted molar refractivity (Wildman–Crippen MR) is 76.6 cm³/mol. The number of guanidine groups is 1. The van der Waals surface area contributed by atoms with Gasteiger partial charge in [-0.25, -0.2) is 4.39 Å². The highest BCUT2D eigenvalue weighted by Crippen LogP contribution is 2.17. The summed E-state index contributed by atoms with van der Waals surface area (Å²) < 4.78 is 13.1. The molecular formula is C15H22FN3. The number of halogens is 1. The molecule has 1 fully saturated rings. The molecule has 1 saturated carbocycles. The third-order valence-electron chi connectivity index (χ3n) is 3.52. The van der Waals surface area contributed by atoms with Crippen LogP contribution in [0.4, 0.5) is 4.39 Å². The molecule has 1 aliphatic carbocycles. The first-order valence-electron chi connectivity index (χ1n) is 6.99. The minimum Gasteiger partial charge on any atom is -0.354 e. The van der Waals surface area contributed by atoms with Crippen molar-refractivity contribution >= 4 is 5.96 Å². The first kappa shape index (κ1) is 13.8. The molecule has 1 aromatic rings. The molecule has 1 aromatic carbocycles. The van der Waals surface area contributed by atoms with Crippen LogP contribution in [0.25, 0.3) is 0 Å². The second-order valence-electron chi connectivity index (χ2n) is 5.03. The molecule has 19 heavy (non-hydrogen) atoms. The molecule has 3 nitrogen and oxygen atoms in total. The Hall–Kier alpha value is -1.58. The zero-order valence-electron chi connectivity index (χ0n) is 11.5. The Labute approximate surface area is 114 Å². The average Bonchev–Trinajstić information content (AvgIpc) is 2.44. The number of hydrogen-bond acceptors (Lipinski definition) is 1. The van der Waals surface area contributed by atoms with Gasteiger partial charge in [-0.05, 0) is 30.5 Å². The zero-order chi connectivity index (χ0) is 13.5. The van der Waals surface area contributed by atoms with E-state index in [1.165, 1.54) is 38.2 Å². The maximum atomic E-state index is 13.1. The maximum absolute atomic E-state index is 13.1. The molecule has 0 unspecified atom stereocenters. The van der Waals surface area contributed by atoms with E-state index in [-0.39, 0.29) is 5.82 Å². The van der Waals surface area contributed by atoms with E-state index in [1.54, 1.807) is 19.2 Å². The van der Waals surface area contributed by atoms with Crippen LogP contribution >= 0.6 is 0 Å². The van der Waals surface area contributed by atoms with Gasteiger partial charge in [0.05, 0.1) is 0 Å². The van der Waals surface area contributed by atoms with Gasteiger partial charge >= 0.3 is 0 Å². The smallest absolute Gasteiger partial charge is 0.191 e. The molecule has 104 valence electrons. The van der Waals surface area contributed by atoms with Crippen molar-refractivity contribution in [3.8, 4) is 0 Å². The Bertz CT molecular complexity index is 425. The predicted octanol–water partition coefficient (Wildman–Crippen LogP) is 2.82. The van der Waals surface area contributed by atoms with Gasteiger partial charge in [0.1, 0.15) is 5.82 Å². The number of rotatable bonds is 3. The maximum Gasteiger partial charge on any atom is 0.191 e. The van der Waals surface area contributed by atoms with E-state index in [0.717, 1.165) is 11.5 Å². The van der Waals surface area contributed by atoms with Crippen LogP contribution in [-0.4, -0.2) is 19.0 Å². The summed E-state index contributed by atoms with van der Waals surface area (Å²) in [7, 11) is 1.77. The van der Waals surface area contributed by atoms with Crippen molar-refractivity contribution < 1.29 is 4.39 Å². The highest BCUT2D eigenvalue weighted by molar-refractivity contribution is 5.79. The lowest BCUT2D eigenvalue weighted by molar-refractivity contribution is 0.410. The summed E-state index contributed by atoms with van der Waals surface area (Å²) in [6.07, 6.45) is 6.34. The Morgan fingerprint density at radius 2 is 2.11 bits per heavy atom. The monoisotopic (exact) mass is 263 g/mol. The first-order chi connectivity index (χ1) is 9.28. The Morgan fingerprint density at radius 1 is 1.32 bits per heavy atom. The minimum absolute atomic E-state index is 0.200. The molecule has 0 aliphatic heterocycles. The van der Waals surface area contributed by atoms with Gasteiger partial charge in [-0.3, -0.25) is 4.99 Å². The minimum atomic E-state index is -0.200. The molecule has 4 heteroatoms. The van der Waals surface area contributed by atoms with Gasteiger partial charge < -0.3 is 10.6 Å². The van der Waals surface area contributed by atoms with Crippen molar-refractivity contribution in [2.45, 2.75) is 44.7 Å². The fraction of sp³-hybridized carbons (Fsp3) is 0.533. The van der Waals surface area contributed by atoms with Gasteiger partial charge in [0.25, 0.3) is 0 Å². The molecule has 0 radical (unpaired) electrons. The van der Waals surface area contributed by atoms with E-state index >= 15 is 0 Å². The Balaban J connectivity index is 1.82. The molecular weight excluding hydrogens is 241 g/mol. The van der Waals surface area contributed by atoms with Crippen LogP contribution in [0.5, 0.6) is 0 Å². The lowest BCUT2D eigenvalue weighted by Crippen LogP contribution is -2.43. The van der Waals surface area contributed by atoms with Gasteiger partial charge in [-0.1, -0.05) is 31.4 Å². The SMILES string of the molecule is CN=C(NCc1cccc(F)c1)NC1CCCCC1. The van der Waals surface area contributed by atoms with E-state index in [1.807, 2.05) is 6.07 Å². The van der Waals surface area contributed by atoms with Crippen LogP contribution in [0.2, 0.25) is 0 Å². The Morgan fingerprint density at radius 3 is 2.79 bits per heavy atom. The molecule has 0 aromatic heterocycles. The quantitative estimate of drug-likeness (QED) is 0.650. The average molecular weight is 263 g/mol. The lowest BCUT2D eigenvalue weighted by atomic mass is 9.96. The van der Waals surface area contributed by atoms with Gasteiger partial charge in [0.2, 0.25) is 0 Å². The fourth-order valence-electron chi connectivity index (χ4n) is 2.47. The van der Waals surface area contributed by atoms with Crippen LogP contribution in [0, 0.1) is 5.82 Å². The molecule has 0 saturated heterocycles. The number of nitrogens with one attached hydrogen (secondary N) is 2. The van der Waals surface area contributed by atoms with Crippen LogP contribution in [-0.2, 0) is 6.54 Å². The first-order valence-corrected chi connectivity index (χ1v) is 6.99. The molecule has 0 amide bonds. The largest absolute Gasteiger partial charge is 0.354 e. The van der Waals surface area contributed by atoms with Crippen LogP contribution in [0.1, 0.15) is 37.7 Å². The fourth-order valence-corrected chi connectivity index (χ4v) is 2.47. The van der Waals surface area contributed by atoms with Crippen LogP contribution in [0.15, 0.2) is 29.3 Å². The number of hydrogen-bond donors (Lipinski definition) is 2. The molecule has 1 aliphatic rings. The number of benzene rings is 1. The number of nitrogens with zero attached hydrogens (tertiary/aromatic N) is 1. The van der Waals surface area contributed by atoms with Gasteiger partial charge in [-0.15, -0.1) is 0 Å². The van der Waals surface area contributed by atoms with Crippen molar-refractivity contribution in [2.24, 2.45) is 4.99 Å². The van der Waals surface area contributed by atoms with Crippen LogP contribution < -0.4 is 10.6 Å². The highest BCUT2D eigenvalue weighted by Gasteiger charge is 2.14. The molecule has 2 rings (SSSR count). The summed E-state index contributed by atoms with van der Waals surface area (Å²) in [4.78, 5) is 4.22. The lowest BCUT2D eigenvalue weighted by Gasteiger charge is -2.24. The van der Waals surface area contributed by atoms with Gasteiger partial charge in [0, 0.05) is 19.6 Å². The van der Waals surface area contributed by atoms with Crippen molar-refractivity contribution in [1.29, 1.82) is 0 Å². The van der Waals surface area contributed by atoms with Crippen molar-refractivity contribution in [3.05, 3.63) is 35.6 Å². The summed E-state index contributed by atoms with van der Waals surface area (Å²) in [5, 5.41) is 6.67.